The number of nitrogens with two attached hydrogens (primary N) is 1. The number of aromatic nitrogens is 1. The zero-order chi connectivity index (χ0) is 13.1. The standard InChI is InChI=1S/C15H28N2/c1-12(2)14(16)13-7-10-17(11-13)9-6-8-15(3,4)5/h7,10-12,14H,6,8-9,16H2,1-5H3. The second kappa shape index (κ2) is 5.72. The van der Waals surface area contributed by atoms with E-state index < -0.39 is 0 Å². The fourth-order valence-corrected chi connectivity index (χ4v) is 1.97. The molecular formula is C15H28N2. The van der Waals surface area contributed by atoms with Crippen LogP contribution in [0.15, 0.2) is 18.5 Å². The molecule has 0 aliphatic heterocycles. The molecule has 0 saturated carbocycles. The maximum absolute atomic E-state index is 6.14. The monoisotopic (exact) mass is 236 g/mol. The van der Waals surface area contributed by atoms with Gasteiger partial charge in [0.1, 0.15) is 0 Å². The highest BCUT2D eigenvalue weighted by atomic mass is 14.9. The number of hydrogen-bond acceptors (Lipinski definition) is 1. The molecule has 0 spiro atoms. The van der Waals surface area contributed by atoms with Gasteiger partial charge in [0.15, 0.2) is 0 Å². The third-order valence-corrected chi connectivity index (χ3v) is 3.22. The summed E-state index contributed by atoms with van der Waals surface area (Å²) >= 11 is 0. The smallest absolute Gasteiger partial charge is 0.0333 e. The summed E-state index contributed by atoms with van der Waals surface area (Å²) in [5.74, 6) is 0.500. The van der Waals surface area contributed by atoms with E-state index >= 15 is 0 Å². The van der Waals surface area contributed by atoms with Gasteiger partial charge in [-0.3, -0.25) is 0 Å². The summed E-state index contributed by atoms with van der Waals surface area (Å²) in [5.41, 5.74) is 7.83. The first-order valence-corrected chi connectivity index (χ1v) is 6.71. The van der Waals surface area contributed by atoms with Gasteiger partial charge in [0.25, 0.3) is 0 Å². The second-order valence-electron chi connectivity index (χ2n) is 6.62. The van der Waals surface area contributed by atoms with E-state index in [9.17, 15) is 0 Å². The first-order valence-electron chi connectivity index (χ1n) is 6.71. The van der Waals surface area contributed by atoms with Crippen LogP contribution in [0.5, 0.6) is 0 Å². The molecular weight excluding hydrogens is 208 g/mol. The zero-order valence-electron chi connectivity index (χ0n) is 12.0. The molecule has 98 valence electrons. The Morgan fingerprint density at radius 1 is 1.29 bits per heavy atom. The first-order chi connectivity index (χ1) is 7.79. The molecule has 17 heavy (non-hydrogen) atoms. The van der Waals surface area contributed by atoms with Crippen molar-refractivity contribution in [3.63, 3.8) is 0 Å². The van der Waals surface area contributed by atoms with Gasteiger partial charge in [0, 0.05) is 25.0 Å². The molecule has 2 nitrogen and oxygen atoms in total. The van der Waals surface area contributed by atoms with Crippen LogP contribution in [-0.4, -0.2) is 4.57 Å². The Morgan fingerprint density at radius 3 is 2.47 bits per heavy atom. The lowest BCUT2D eigenvalue weighted by molar-refractivity contribution is 0.353. The van der Waals surface area contributed by atoms with Crippen LogP contribution in [0.2, 0.25) is 0 Å². The third-order valence-electron chi connectivity index (χ3n) is 3.22. The van der Waals surface area contributed by atoms with Crippen molar-refractivity contribution in [3.05, 3.63) is 24.0 Å². The molecule has 0 fully saturated rings. The predicted octanol–water partition coefficient (Wildman–Crippen LogP) is 3.97. The molecule has 1 aromatic heterocycles. The van der Waals surface area contributed by atoms with Crippen LogP contribution >= 0.6 is 0 Å². The molecule has 1 rings (SSSR count). The largest absolute Gasteiger partial charge is 0.354 e. The lowest BCUT2D eigenvalue weighted by Crippen LogP contribution is -2.16. The molecule has 1 atom stereocenters. The van der Waals surface area contributed by atoms with Crippen molar-refractivity contribution < 1.29 is 0 Å². The van der Waals surface area contributed by atoms with Crippen LogP contribution in [-0.2, 0) is 6.54 Å². The summed E-state index contributed by atoms with van der Waals surface area (Å²) in [7, 11) is 0. The Morgan fingerprint density at radius 2 is 1.94 bits per heavy atom. The van der Waals surface area contributed by atoms with Crippen LogP contribution in [0.1, 0.15) is 59.1 Å². The number of nitrogens with zero attached hydrogens (tertiary/aromatic N) is 1. The van der Waals surface area contributed by atoms with Crippen LogP contribution in [0, 0.1) is 11.3 Å². The van der Waals surface area contributed by atoms with Crippen LogP contribution in [0.3, 0.4) is 0 Å². The summed E-state index contributed by atoms with van der Waals surface area (Å²) in [6.45, 7) is 12.3. The van der Waals surface area contributed by atoms with Gasteiger partial charge in [0.05, 0.1) is 0 Å². The molecule has 0 aliphatic carbocycles. The van der Waals surface area contributed by atoms with Gasteiger partial charge in [-0.25, -0.2) is 0 Å². The van der Waals surface area contributed by atoms with Gasteiger partial charge < -0.3 is 10.3 Å². The minimum Gasteiger partial charge on any atom is -0.354 e. The Labute approximate surface area is 106 Å². The van der Waals surface area contributed by atoms with Crippen LogP contribution in [0.4, 0.5) is 0 Å². The molecule has 2 N–H and O–H groups in total. The molecule has 0 radical (unpaired) electrons. The van der Waals surface area contributed by atoms with Crippen molar-refractivity contribution in [1.82, 2.24) is 4.57 Å². The average molecular weight is 236 g/mol. The van der Waals surface area contributed by atoms with E-state index in [-0.39, 0.29) is 6.04 Å². The molecule has 1 unspecified atom stereocenters. The predicted molar refractivity (Wildman–Crippen MR) is 74.9 cm³/mol. The highest BCUT2D eigenvalue weighted by Crippen LogP contribution is 2.22. The summed E-state index contributed by atoms with van der Waals surface area (Å²) in [4.78, 5) is 0. The summed E-state index contributed by atoms with van der Waals surface area (Å²) in [6, 6.07) is 2.32. The molecule has 0 bridgehead atoms. The molecule has 1 heterocycles. The van der Waals surface area contributed by atoms with E-state index in [4.69, 9.17) is 5.73 Å². The highest BCUT2D eigenvalue weighted by molar-refractivity contribution is 5.15. The molecule has 2 heteroatoms. The fourth-order valence-electron chi connectivity index (χ4n) is 1.97. The Balaban J connectivity index is 2.46. The van der Waals surface area contributed by atoms with Gasteiger partial charge >= 0.3 is 0 Å². The highest BCUT2D eigenvalue weighted by Gasteiger charge is 2.12. The lowest BCUT2D eigenvalue weighted by Gasteiger charge is -2.17. The number of aryl methyl sites for hydroxylation is 1. The van der Waals surface area contributed by atoms with E-state index in [0.29, 0.717) is 11.3 Å². The van der Waals surface area contributed by atoms with Gasteiger partial charge in [-0.1, -0.05) is 34.6 Å². The van der Waals surface area contributed by atoms with Crippen molar-refractivity contribution >= 4 is 0 Å². The number of hydrogen-bond donors (Lipinski definition) is 1. The normalized spacial score (nSPS) is 14.3. The molecule has 0 amide bonds. The minimum absolute atomic E-state index is 0.166. The first kappa shape index (κ1) is 14.3. The topological polar surface area (TPSA) is 30.9 Å². The quantitative estimate of drug-likeness (QED) is 0.824. The van der Waals surface area contributed by atoms with E-state index in [1.54, 1.807) is 0 Å². The van der Waals surface area contributed by atoms with E-state index in [0.717, 1.165) is 6.54 Å². The van der Waals surface area contributed by atoms with E-state index in [1.807, 2.05) is 0 Å². The average Bonchev–Trinajstić information content (AvgIpc) is 2.63. The van der Waals surface area contributed by atoms with Crippen molar-refractivity contribution in [3.8, 4) is 0 Å². The van der Waals surface area contributed by atoms with Gasteiger partial charge in [-0.15, -0.1) is 0 Å². The maximum atomic E-state index is 6.14. The van der Waals surface area contributed by atoms with Crippen molar-refractivity contribution in [2.45, 2.75) is 60.0 Å². The fraction of sp³-hybridized carbons (Fsp3) is 0.733. The SMILES string of the molecule is CC(C)C(N)c1ccn(CCCC(C)(C)C)c1. The Kier molecular flexibility index (Phi) is 4.81. The molecule has 1 aromatic rings. The van der Waals surface area contributed by atoms with Gasteiger partial charge in [-0.2, -0.15) is 0 Å². The summed E-state index contributed by atoms with van der Waals surface area (Å²) < 4.78 is 2.27. The Hall–Kier alpha value is -0.760. The molecule has 0 saturated heterocycles. The Bertz CT molecular complexity index is 331. The summed E-state index contributed by atoms with van der Waals surface area (Å²) in [5, 5.41) is 0. The van der Waals surface area contributed by atoms with Gasteiger partial charge in [0.2, 0.25) is 0 Å². The van der Waals surface area contributed by atoms with Crippen LogP contribution in [0.25, 0.3) is 0 Å². The molecule has 0 aromatic carbocycles. The van der Waals surface area contributed by atoms with E-state index in [2.05, 4.69) is 57.6 Å². The maximum Gasteiger partial charge on any atom is 0.0333 e. The van der Waals surface area contributed by atoms with Crippen LogP contribution < -0.4 is 5.73 Å². The minimum atomic E-state index is 0.166. The number of rotatable bonds is 5. The van der Waals surface area contributed by atoms with Crippen molar-refractivity contribution in [2.24, 2.45) is 17.1 Å². The third kappa shape index (κ3) is 4.95. The lowest BCUT2D eigenvalue weighted by atomic mass is 9.91. The molecule has 0 aliphatic rings. The van der Waals surface area contributed by atoms with Gasteiger partial charge in [-0.05, 0) is 35.8 Å². The van der Waals surface area contributed by atoms with E-state index in [1.165, 1.54) is 18.4 Å². The van der Waals surface area contributed by atoms with Crippen molar-refractivity contribution in [1.29, 1.82) is 0 Å². The second-order valence-corrected chi connectivity index (χ2v) is 6.62. The van der Waals surface area contributed by atoms with Crippen molar-refractivity contribution in [2.75, 3.05) is 0 Å². The summed E-state index contributed by atoms with van der Waals surface area (Å²) in [6.07, 6.45) is 6.85. The zero-order valence-corrected chi connectivity index (χ0v) is 12.0.